The minimum atomic E-state index is -1.34. The molecule has 0 bridgehead atoms. The van der Waals surface area contributed by atoms with E-state index >= 15 is 4.39 Å². The first-order chi connectivity index (χ1) is 17.9. The van der Waals surface area contributed by atoms with Crippen molar-refractivity contribution in [1.29, 1.82) is 0 Å². The number of carbonyl (C=O) groups is 3. The van der Waals surface area contributed by atoms with Gasteiger partial charge >= 0.3 is 17.9 Å². The van der Waals surface area contributed by atoms with Crippen LogP contribution in [0.4, 0.5) is 10.1 Å². The highest BCUT2D eigenvalue weighted by Gasteiger charge is 2.38. The zero-order valence-corrected chi connectivity index (χ0v) is 22.5. The maximum atomic E-state index is 15.7. The minimum Gasteiger partial charge on any atom is -0.477 e. The van der Waals surface area contributed by atoms with Gasteiger partial charge in [-0.1, -0.05) is 27.7 Å². The van der Waals surface area contributed by atoms with Gasteiger partial charge in [-0.2, -0.15) is 0 Å². The van der Waals surface area contributed by atoms with Gasteiger partial charge in [0.05, 0.1) is 36.3 Å². The first-order valence-corrected chi connectivity index (χ1v) is 13.1. The molecule has 0 spiro atoms. The summed E-state index contributed by atoms with van der Waals surface area (Å²) in [7, 11) is 0. The number of halogens is 1. The van der Waals surface area contributed by atoms with Crippen LogP contribution in [-0.4, -0.2) is 53.9 Å². The summed E-state index contributed by atoms with van der Waals surface area (Å²) in [5, 5.41) is 9.58. The lowest BCUT2D eigenvalue weighted by Crippen LogP contribution is -2.27. The number of aromatic nitrogens is 1. The maximum absolute atomic E-state index is 15.7. The number of ether oxygens (including phenoxy) is 2. The van der Waals surface area contributed by atoms with E-state index in [0.717, 1.165) is 18.9 Å². The van der Waals surface area contributed by atoms with Crippen molar-refractivity contribution >= 4 is 34.5 Å². The Bertz CT molecular complexity index is 1300. The monoisotopic (exact) mass is 530 g/mol. The minimum absolute atomic E-state index is 0.0413. The molecule has 1 saturated heterocycles. The van der Waals surface area contributed by atoms with Gasteiger partial charge in [-0.15, -0.1) is 0 Å². The number of nitrogens with zero attached hydrogens (tertiary/aromatic N) is 2. The van der Waals surface area contributed by atoms with Gasteiger partial charge < -0.3 is 24.0 Å². The highest BCUT2D eigenvalue weighted by molar-refractivity contribution is 5.95. The fraction of sp³-hybridized carbons (Fsp3) is 0.571. The number of fused-ring (bicyclic) bond motifs is 1. The van der Waals surface area contributed by atoms with Crippen molar-refractivity contribution in [2.75, 3.05) is 31.2 Å². The van der Waals surface area contributed by atoms with Crippen molar-refractivity contribution in [3.8, 4) is 0 Å². The molecule has 2 heterocycles. The third-order valence-electron chi connectivity index (χ3n) is 7.36. The lowest BCUT2D eigenvalue weighted by atomic mass is 9.98. The van der Waals surface area contributed by atoms with Crippen LogP contribution in [0.2, 0.25) is 0 Å². The summed E-state index contributed by atoms with van der Waals surface area (Å²) >= 11 is 0. The number of benzene rings is 1. The second-order valence-corrected chi connectivity index (χ2v) is 11.0. The summed E-state index contributed by atoms with van der Waals surface area (Å²) in [4.78, 5) is 50.7. The van der Waals surface area contributed by atoms with Gasteiger partial charge in [0.25, 0.3) is 0 Å². The van der Waals surface area contributed by atoms with Crippen LogP contribution in [0, 0.1) is 36.4 Å². The zero-order chi connectivity index (χ0) is 27.9. The smallest absolute Gasteiger partial charge is 0.341 e. The lowest BCUT2D eigenvalue weighted by Gasteiger charge is -2.24. The summed E-state index contributed by atoms with van der Waals surface area (Å²) in [6.45, 7) is 9.66. The van der Waals surface area contributed by atoms with Crippen LogP contribution < -0.4 is 10.3 Å². The summed E-state index contributed by atoms with van der Waals surface area (Å²) in [5.41, 5.74) is 0.287. The van der Waals surface area contributed by atoms with Crippen LogP contribution in [0.1, 0.15) is 62.5 Å². The molecule has 206 valence electrons. The number of esters is 2. The molecule has 1 aromatic carbocycles. The van der Waals surface area contributed by atoms with E-state index < -0.39 is 17.2 Å². The van der Waals surface area contributed by atoms with Gasteiger partial charge in [0.1, 0.15) is 11.4 Å². The number of carboxylic acid groups (broad SMARTS) is 1. The molecule has 10 heteroatoms. The molecule has 0 amide bonds. The van der Waals surface area contributed by atoms with Crippen molar-refractivity contribution in [3.05, 3.63) is 39.4 Å². The Morgan fingerprint density at radius 2 is 1.55 bits per heavy atom. The van der Waals surface area contributed by atoms with Gasteiger partial charge in [-0.25, -0.2) is 9.18 Å². The van der Waals surface area contributed by atoms with Gasteiger partial charge in [-0.3, -0.25) is 14.4 Å². The van der Waals surface area contributed by atoms with Gasteiger partial charge in [0.2, 0.25) is 5.43 Å². The lowest BCUT2D eigenvalue weighted by molar-refractivity contribution is -0.152. The van der Waals surface area contributed by atoms with Crippen LogP contribution in [0.3, 0.4) is 0 Å². The Kier molecular flexibility index (Phi) is 7.80. The van der Waals surface area contributed by atoms with E-state index in [0.29, 0.717) is 29.9 Å². The number of aromatic carboxylic acids is 1. The Morgan fingerprint density at radius 1 is 1.03 bits per heavy atom. The number of carboxylic acids is 1. The van der Waals surface area contributed by atoms with Crippen molar-refractivity contribution in [3.63, 3.8) is 0 Å². The van der Waals surface area contributed by atoms with Crippen molar-refractivity contribution in [2.45, 2.75) is 53.5 Å². The number of hydrogen-bond donors (Lipinski definition) is 1. The Morgan fingerprint density at radius 3 is 2.00 bits per heavy atom. The quantitative estimate of drug-likeness (QED) is 0.485. The third-order valence-corrected chi connectivity index (χ3v) is 7.36. The molecule has 0 unspecified atom stereocenters. The van der Waals surface area contributed by atoms with Crippen LogP contribution in [-0.2, 0) is 19.1 Å². The number of anilines is 1. The molecule has 1 saturated carbocycles. The Hall–Kier alpha value is -3.43. The molecule has 38 heavy (non-hydrogen) atoms. The van der Waals surface area contributed by atoms with Gasteiger partial charge in [0.15, 0.2) is 0 Å². The second-order valence-electron chi connectivity index (χ2n) is 11.0. The zero-order valence-electron chi connectivity index (χ0n) is 22.5. The van der Waals surface area contributed by atoms with Crippen LogP contribution in [0.15, 0.2) is 17.1 Å². The summed E-state index contributed by atoms with van der Waals surface area (Å²) in [5.74, 6) is -3.63. The summed E-state index contributed by atoms with van der Waals surface area (Å²) in [6.07, 6.45) is 3.06. The molecular formula is C28H35FN2O7. The Balaban J connectivity index is 1.72. The highest BCUT2D eigenvalue weighted by Crippen LogP contribution is 2.41. The average Bonchev–Trinajstić information content (AvgIpc) is 3.62. The molecule has 2 fully saturated rings. The Labute approximate surface area is 220 Å². The summed E-state index contributed by atoms with van der Waals surface area (Å²) < 4.78 is 28.5. The first kappa shape index (κ1) is 27.6. The SMILES string of the molecule is Cc1c(N2C[C@@H](COC(=O)C(C)C)[C@@H](COC(=O)C(C)C)C2)c(F)cc2c(=O)c(C(=O)O)cn(C3CC3)c12. The second kappa shape index (κ2) is 10.7. The largest absolute Gasteiger partial charge is 0.477 e. The molecule has 9 nitrogen and oxygen atoms in total. The first-order valence-electron chi connectivity index (χ1n) is 13.1. The number of carbonyl (C=O) groups excluding carboxylic acids is 2. The number of aryl methyl sites for hydroxylation is 1. The van der Waals surface area contributed by atoms with E-state index in [1.807, 2.05) is 4.90 Å². The molecule has 2 atom stereocenters. The molecule has 2 aromatic rings. The van der Waals surface area contributed by atoms with Crippen molar-refractivity contribution in [2.24, 2.45) is 23.7 Å². The third kappa shape index (κ3) is 5.39. The maximum Gasteiger partial charge on any atom is 0.341 e. The fourth-order valence-electron chi connectivity index (χ4n) is 5.06. The molecule has 4 rings (SSSR count). The topological polar surface area (TPSA) is 115 Å². The van der Waals surface area contributed by atoms with Crippen LogP contribution in [0.25, 0.3) is 10.9 Å². The predicted octanol–water partition coefficient (Wildman–Crippen LogP) is 3.93. The molecule has 1 aliphatic carbocycles. The van der Waals surface area contributed by atoms with E-state index in [2.05, 4.69) is 0 Å². The fourth-order valence-corrected chi connectivity index (χ4v) is 5.06. The highest BCUT2D eigenvalue weighted by atomic mass is 19.1. The van der Waals surface area contributed by atoms with Crippen molar-refractivity contribution < 1.29 is 33.4 Å². The summed E-state index contributed by atoms with van der Waals surface area (Å²) in [6, 6.07) is 1.18. The van der Waals surface area contributed by atoms with Gasteiger partial charge in [0, 0.05) is 42.6 Å². The predicted molar refractivity (Wildman–Crippen MR) is 139 cm³/mol. The van der Waals surface area contributed by atoms with E-state index in [-0.39, 0.29) is 65.8 Å². The van der Waals surface area contributed by atoms with E-state index in [9.17, 15) is 24.3 Å². The average molecular weight is 531 g/mol. The van der Waals surface area contributed by atoms with E-state index in [1.54, 1.807) is 39.2 Å². The standard InChI is InChI=1S/C28H35FN2O7/c1-14(2)27(35)37-12-17-9-30(10-18(17)13-38-28(36)15(3)4)24-16(5)23-20(8-22(24)29)25(32)21(26(33)34)11-31(23)19-6-7-19/h8,11,14-15,17-19H,6-7,9-10,12-13H2,1-5H3,(H,33,34)/t17-,18+. The van der Waals surface area contributed by atoms with Crippen molar-refractivity contribution in [1.82, 2.24) is 4.57 Å². The molecule has 0 radical (unpaired) electrons. The number of hydrogen-bond acceptors (Lipinski definition) is 7. The number of rotatable bonds is 9. The normalized spacial score (nSPS) is 19.4. The molecule has 1 aromatic heterocycles. The van der Waals surface area contributed by atoms with E-state index in [4.69, 9.17) is 9.47 Å². The van der Waals surface area contributed by atoms with Gasteiger partial charge in [-0.05, 0) is 31.4 Å². The van der Waals surface area contributed by atoms with Crippen LogP contribution in [0.5, 0.6) is 0 Å². The number of pyridine rings is 1. The molecule has 1 aliphatic heterocycles. The molecule has 2 aliphatic rings. The van der Waals surface area contributed by atoms with E-state index in [1.165, 1.54) is 6.20 Å². The van der Waals surface area contributed by atoms with Crippen LogP contribution >= 0.6 is 0 Å². The molecule has 1 N–H and O–H groups in total. The molecular weight excluding hydrogens is 495 g/mol.